The number of halogens is 1. The second kappa shape index (κ2) is 4.28. The van der Waals surface area contributed by atoms with Crippen LogP contribution in [0.25, 0.3) is 0 Å². The van der Waals surface area contributed by atoms with E-state index in [4.69, 9.17) is 0 Å². The molecule has 16 heavy (non-hydrogen) atoms. The highest BCUT2D eigenvalue weighted by Crippen LogP contribution is 2.48. The Kier molecular flexibility index (Phi) is 3.15. The zero-order valence-corrected chi connectivity index (χ0v) is 10.8. The van der Waals surface area contributed by atoms with E-state index in [0.717, 1.165) is 5.69 Å². The Morgan fingerprint density at radius 2 is 2.12 bits per heavy atom. The predicted octanol–water partition coefficient (Wildman–Crippen LogP) is 4.15. The molecule has 1 aliphatic carbocycles. The van der Waals surface area contributed by atoms with Crippen molar-refractivity contribution in [2.45, 2.75) is 37.6 Å². The van der Waals surface area contributed by atoms with Crippen LogP contribution in [0.1, 0.15) is 26.7 Å². The summed E-state index contributed by atoms with van der Waals surface area (Å²) in [6, 6.07) is 5.79. The van der Waals surface area contributed by atoms with Crippen molar-refractivity contribution in [1.82, 2.24) is 0 Å². The van der Waals surface area contributed by atoms with Gasteiger partial charge < -0.3 is 5.32 Å². The lowest BCUT2D eigenvalue weighted by atomic mass is 10.0. The Morgan fingerprint density at radius 3 is 2.62 bits per heavy atom. The Labute approximate surface area is 101 Å². The number of thioether (sulfide) groups is 1. The molecule has 0 bridgehead atoms. The third-order valence-corrected chi connectivity index (χ3v) is 4.39. The zero-order valence-electron chi connectivity index (χ0n) is 10.0. The summed E-state index contributed by atoms with van der Waals surface area (Å²) in [7, 11) is 0. The summed E-state index contributed by atoms with van der Waals surface area (Å²) in [5.74, 6) is -0.134. The molecule has 1 atom stereocenters. The van der Waals surface area contributed by atoms with Gasteiger partial charge in [-0.2, -0.15) is 0 Å². The predicted molar refractivity (Wildman–Crippen MR) is 68.6 cm³/mol. The van der Waals surface area contributed by atoms with Gasteiger partial charge in [-0.3, -0.25) is 0 Å². The Balaban J connectivity index is 2.07. The molecule has 3 heteroatoms. The molecule has 1 fully saturated rings. The van der Waals surface area contributed by atoms with Crippen LogP contribution in [0.4, 0.5) is 10.1 Å². The maximum Gasteiger partial charge on any atom is 0.138 e. The van der Waals surface area contributed by atoms with Gasteiger partial charge in [-0.15, -0.1) is 11.8 Å². The lowest BCUT2D eigenvalue weighted by Gasteiger charge is -2.21. The van der Waals surface area contributed by atoms with Crippen molar-refractivity contribution >= 4 is 17.4 Å². The van der Waals surface area contributed by atoms with E-state index in [1.54, 1.807) is 6.07 Å². The highest BCUT2D eigenvalue weighted by atomic mass is 32.2. The highest BCUT2D eigenvalue weighted by molar-refractivity contribution is 7.98. The van der Waals surface area contributed by atoms with E-state index in [0.29, 0.717) is 16.4 Å². The first-order chi connectivity index (χ1) is 7.55. The van der Waals surface area contributed by atoms with Gasteiger partial charge in [0.2, 0.25) is 0 Å². The smallest absolute Gasteiger partial charge is 0.138 e. The van der Waals surface area contributed by atoms with Crippen LogP contribution in [0.5, 0.6) is 0 Å². The van der Waals surface area contributed by atoms with E-state index in [2.05, 4.69) is 19.2 Å². The van der Waals surface area contributed by atoms with Crippen LogP contribution in [-0.2, 0) is 0 Å². The average molecular weight is 239 g/mol. The fraction of sp³-hybridized carbons (Fsp3) is 0.538. The molecule has 2 rings (SSSR count). The van der Waals surface area contributed by atoms with Crippen molar-refractivity contribution in [1.29, 1.82) is 0 Å². The van der Waals surface area contributed by atoms with Crippen LogP contribution in [0.2, 0.25) is 0 Å². The van der Waals surface area contributed by atoms with Crippen LogP contribution >= 0.6 is 11.8 Å². The maximum absolute atomic E-state index is 13.6. The summed E-state index contributed by atoms with van der Waals surface area (Å²) >= 11 is 1.44. The largest absolute Gasteiger partial charge is 0.382 e. The van der Waals surface area contributed by atoms with Gasteiger partial charge in [-0.05, 0) is 49.6 Å². The molecule has 88 valence electrons. The van der Waals surface area contributed by atoms with Crippen LogP contribution in [0.3, 0.4) is 0 Å². The van der Waals surface area contributed by atoms with Gasteiger partial charge in [0.1, 0.15) is 5.82 Å². The van der Waals surface area contributed by atoms with Crippen molar-refractivity contribution in [3.05, 3.63) is 24.0 Å². The summed E-state index contributed by atoms with van der Waals surface area (Å²) in [5.41, 5.74) is 1.30. The minimum Gasteiger partial charge on any atom is -0.382 e. The van der Waals surface area contributed by atoms with Crippen molar-refractivity contribution in [3.8, 4) is 0 Å². The maximum atomic E-state index is 13.6. The minimum atomic E-state index is -0.134. The van der Waals surface area contributed by atoms with Gasteiger partial charge in [0, 0.05) is 16.6 Å². The third-order valence-electron chi connectivity index (χ3n) is 3.62. The fourth-order valence-electron chi connectivity index (χ4n) is 1.81. The number of benzene rings is 1. The topological polar surface area (TPSA) is 12.0 Å². The van der Waals surface area contributed by atoms with E-state index < -0.39 is 0 Å². The van der Waals surface area contributed by atoms with E-state index >= 15 is 0 Å². The van der Waals surface area contributed by atoms with Crippen LogP contribution in [-0.4, -0.2) is 12.3 Å². The molecular formula is C13H18FNS. The van der Waals surface area contributed by atoms with Crippen LogP contribution in [0, 0.1) is 11.2 Å². The van der Waals surface area contributed by atoms with E-state index in [1.807, 2.05) is 18.4 Å². The first-order valence-corrected chi connectivity index (χ1v) is 6.88. The Hall–Kier alpha value is -0.700. The molecule has 1 aromatic carbocycles. The summed E-state index contributed by atoms with van der Waals surface area (Å²) < 4.78 is 13.6. The number of hydrogen-bond acceptors (Lipinski definition) is 2. The third kappa shape index (κ3) is 2.34. The molecule has 1 aromatic rings. The van der Waals surface area contributed by atoms with Crippen molar-refractivity contribution in [3.63, 3.8) is 0 Å². The number of rotatable bonds is 4. The molecule has 0 aliphatic heterocycles. The van der Waals surface area contributed by atoms with Crippen LogP contribution in [0.15, 0.2) is 23.1 Å². The van der Waals surface area contributed by atoms with Crippen molar-refractivity contribution in [2.24, 2.45) is 5.41 Å². The highest BCUT2D eigenvalue weighted by Gasteiger charge is 2.42. The molecule has 0 heterocycles. The van der Waals surface area contributed by atoms with Gasteiger partial charge in [0.05, 0.1) is 0 Å². The van der Waals surface area contributed by atoms with E-state index in [-0.39, 0.29) is 5.82 Å². The average Bonchev–Trinajstić information content (AvgIpc) is 2.98. The molecule has 0 amide bonds. The number of anilines is 1. The lowest BCUT2D eigenvalue weighted by Crippen LogP contribution is -2.24. The van der Waals surface area contributed by atoms with Gasteiger partial charge >= 0.3 is 0 Å². The second-order valence-corrected chi connectivity index (χ2v) is 5.72. The van der Waals surface area contributed by atoms with E-state index in [1.165, 1.54) is 24.6 Å². The molecule has 1 unspecified atom stereocenters. The molecule has 1 saturated carbocycles. The molecule has 0 aromatic heterocycles. The van der Waals surface area contributed by atoms with Crippen LogP contribution < -0.4 is 5.32 Å². The number of hydrogen-bond donors (Lipinski definition) is 1. The zero-order chi connectivity index (χ0) is 11.8. The SMILES string of the molecule is CSc1ccc(NC(C)C2(C)CC2)cc1F. The second-order valence-electron chi connectivity index (χ2n) is 4.87. The first-order valence-electron chi connectivity index (χ1n) is 5.65. The standard InChI is InChI=1S/C13H18FNS/c1-9(13(2)6-7-13)15-10-4-5-12(16-3)11(14)8-10/h4-5,8-9,15H,6-7H2,1-3H3. The summed E-state index contributed by atoms with van der Waals surface area (Å²) in [4.78, 5) is 0.704. The lowest BCUT2D eigenvalue weighted by molar-refractivity contribution is 0.493. The quantitative estimate of drug-likeness (QED) is 0.792. The Bertz CT molecular complexity index is 388. The Morgan fingerprint density at radius 1 is 1.44 bits per heavy atom. The summed E-state index contributed by atoms with van der Waals surface area (Å²) in [6.07, 6.45) is 4.43. The fourth-order valence-corrected chi connectivity index (χ4v) is 2.27. The van der Waals surface area contributed by atoms with Gasteiger partial charge in [-0.25, -0.2) is 4.39 Å². The summed E-state index contributed by atoms with van der Waals surface area (Å²) in [5, 5.41) is 3.39. The molecule has 0 saturated heterocycles. The van der Waals surface area contributed by atoms with Gasteiger partial charge in [-0.1, -0.05) is 6.92 Å². The van der Waals surface area contributed by atoms with E-state index in [9.17, 15) is 4.39 Å². The number of nitrogens with one attached hydrogen (secondary N) is 1. The molecule has 0 radical (unpaired) electrons. The first kappa shape index (κ1) is 11.8. The minimum absolute atomic E-state index is 0.134. The molecule has 1 aliphatic rings. The van der Waals surface area contributed by atoms with Crippen molar-refractivity contribution in [2.75, 3.05) is 11.6 Å². The normalized spacial score (nSPS) is 19.2. The molecular weight excluding hydrogens is 221 g/mol. The molecule has 1 N–H and O–H groups in total. The van der Waals surface area contributed by atoms with Gasteiger partial charge in [0.15, 0.2) is 0 Å². The summed E-state index contributed by atoms with van der Waals surface area (Å²) in [6.45, 7) is 4.45. The van der Waals surface area contributed by atoms with Crippen molar-refractivity contribution < 1.29 is 4.39 Å². The monoisotopic (exact) mass is 239 g/mol. The molecule has 0 spiro atoms. The van der Waals surface area contributed by atoms with Gasteiger partial charge in [0.25, 0.3) is 0 Å². The molecule has 1 nitrogen and oxygen atoms in total.